The number of aliphatic hydroxyl groups is 1. The van der Waals surface area contributed by atoms with E-state index in [9.17, 15) is 9.59 Å². The summed E-state index contributed by atoms with van der Waals surface area (Å²) in [7, 11) is 1.61. The molecule has 1 aliphatic carbocycles. The Hall–Kier alpha value is -1.34. The lowest BCUT2D eigenvalue weighted by Crippen LogP contribution is -2.45. The van der Waals surface area contributed by atoms with Gasteiger partial charge >= 0.3 is 12.0 Å². The number of rotatable bonds is 8. The van der Waals surface area contributed by atoms with Crippen LogP contribution in [0.5, 0.6) is 0 Å². The first kappa shape index (κ1) is 14.7. The highest BCUT2D eigenvalue weighted by atomic mass is 16.5. The summed E-state index contributed by atoms with van der Waals surface area (Å²) in [6.45, 7) is 0.635. The molecule has 0 radical (unpaired) electrons. The molecular formula is C11H20N2O5. The normalized spacial score (nSPS) is 14.3. The van der Waals surface area contributed by atoms with E-state index in [2.05, 4.69) is 0 Å². The number of carbonyl (C=O) groups excluding carboxylic acids is 1. The van der Waals surface area contributed by atoms with Gasteiger partial charge in [-0.15, -0.1) is 0 Å². The van der Waals surface area contributed by atoms with Crippen molar-refractivity contribution in [1.29, 1.82) is 0 Å². The number of carboxylic acid groups (broad SMARTS) is 1. The highest BCUT2D eigenvalue weighted by Crippen LogP contribution is 2.27. The Labute approximate surface area is 106 Å². The standard InChI is InChI=1S/C11H20N2O5/c1-12(4-6-18-7-5-14)11(17)13(8-10(15)16)9-2-3-9/h9,14H,2-8H2,1H3,(H,15,16). The van der Waals surface area contributed by atoms with Gasteiger partial charge in [0.05, 0.1) is 19.8 Å². The number of aliphatic carboxylic acids is 1. The molecule has 0 heterocycles. The van der Waals surface area contributed by atoms with E-state index in [1.807, 2.05) is 0 Å². The molecule has 0 spiro atoms. The number of amides is 2. The number of carbonyl (C=O) groups is 2. The van der Waals surface area contributed by atoms with Crippen molar-refractivity contribution in [2.45, 2.75) is 18.9 Å². The molecule has 0 aromatic heterocycles. The lowest BCUT2D eigenvalue weighted by molar-refractivity contribution is -0.137. The van der Waals surface area contributed by atoms with Crippen LogP contribution in [0.1, 0.15) is 12.8 Å². The summed E-state index contributed by atoms with van der Waals surface area (Å²) in [6.07, 6.45) is 1.74. The SMILES string of the molecule is CN(CCOCCO)C(=O)N(CC(=O)O)C1CC1. The quantitative estimate of drug-likeness (QED) is 0.579. The van der Waals surface area contributed by atoms with Crippen molar-refractivity contribution >= 4 is 12.0 Å². The third kappa shape index (κ3) is 4.89. The van der Waals surface area contributed by atoms with E-state index in [1.54, 1.807) is 7.05 Å². The highest BCUT2D eigenvalue weighted by Gasteiger charge is 2.35. The predicted octanol–water partition coefficient (Wildman–Crippen LogP) is -0.404. The lowest BCUT2D eigenvalue weighted by atomic mass is 10.4. The Kier molecular flexibility index (Phi) is 5.87. The molecular weight excluding hydrogens is 240 g/mol. The zero-order valence-electron chi connectivity index (χ0n) is 10.5. The van der Waals surface area contributed by atoms with E-state index in [4.69, 9.17) is 14.9 Å². The number of hydrogen-bond donors (Lipinski definition) is 2. The van der Waals surface area contributed by atoms with Crippen LogP contribution in [0.25, 0.3) is 0 Å². The molecule has 0 bridgehead atoms. The number of urea groups is 1. The molecule has 2 amide bonds. The van der Waals surface area contributed by atoms with E-state index in [-0.39, 0.29) is 31.8 Å². The van der Waals surface area contributed by atoms with Crippen LogP contribution in [-0.4, -0.2) is 78.0 Å². The number of likely N-dealkylation sites (N-methyl/N-ethyl adjacent to an activating group) is 1. The Bertz CT molecular complexity index is 293. The van der Waals surface area contributed by atoms with Gasteiger partial charge in [-0.2, -0.15) is 0 Å². The monoisotopic (exact) mass is 260 g/mol. The Morgan fingerprint density at radius 3 is 2.50 bits per heavy atom. The van der Waals surface area contributed by atoms with Crippen molar-refractivity contribution in [3.63, 3.8) is 0 Å². The Morgan fingerprint density at radius 2 is 2.00 bits per heavy atom. The molecule has 1 rings (SSSR count). The van der Waals surface area contributed by atoms with E-state index in [0.717, 1.165) is 12.8 Å². The van der Waals surface area contributed by atoms with Gasteiger partial charge in [-0.25, -0.2) is 4.79 Å². The minimum Gasteiger partial charge on any atom is -0.480 e. The van der Waals surface area contributed by atoms with Crippen molar-refractivity contribution in [3.05, 3.63) is 0 Å². The van der Waals surface area contributed by atoms with Gasteiger partial charge in [0.1, 0.15) is 6.54 Å². The predicted molar refractivity (Wildman–Crippen MR) is 63.3 cm³/mol. The summed E-state index contributed by atoms with van der Waals surface area (Å²) in [6, 6.07) is -0.220. The number of hydrogen-bond acceptors (Lipinski definition) is 4. The Balaban J connectivity index is 2.36. The van der Waals surface area contributed by atoms with Crippen LogP contribution in [0.3, 0.4) is 0 Å². The second-order valence-corrected chi connectivity index (χ2v) is 4.29. The first-order chi connectivity index (χ1) is 8.56. The van der Waals surface area contributed by atoms with Gasteiger partial charge in [0.2, 0.25) is 0 Å². The fourth-order valence-corrected chi connectivity index (χ4v) is 1.57. The molecule has 1 fully saturated rings. The molecule has 0 saturated heterocycles. The molecule has 0 atom stereocenters. The summed E-state index contributed by atoms with van der Waals surface area (Å²) in [5.41, 5.74) is 0. The first-order valence-corrected chi connectivity index (χ1v) is 5.98. The molecule has 7 heteroatoms. The molecule has 0 aromatic rings. The molecule has 1 aliphatic rings. The van der Waals surface area contributed by atoms with Gasteiger partial charge in [0.15, 0.2) is 0 Å². The highest BCUT2D eigenvalue weighted by molar-refractivity contribution is 5.80. The van der Waals surface area contributed by atoms with Crippen LogP contribution in [0.2, 0.25) is 0 Å². The summed E-state index contributed by atoms with van der Waals surface area (Å²) in [5.74, 6) is -1.000. The smallest absolute Gasteiger partial charge is 0.323 e. The zero-order chi connectivity index (χ0) is 13.5. The largest absolute Gasteiger partial charge is 0.480 e. The summed E-state index contributed by atoms with van der Waals surface area (Å²) >= 11 is 0. The van der Waals surface area contributed by atoms with Crippen molar-refractivity contribution in [2.75, 3.05) is 40.0 Å². The number of nitrogens with zero attached hydrogens (tertiary/aromatic N) is 2. The van der Waals surface area contributed by atoms with E-state index >= 15 is 0 Å². The maximum absolute atomic E-state index is 12.0. The molecule has 104 valence electrons. The summed E-state index contributed by atoms with van der Waals surface area (Å²) < 4.78 is 5.06. The molecule has 0 aliphatic heterocycles. The molecule has 0 unspecified atom stereocenters. The van der Waals surface area contributed by atoms with Crippen LogP contribution < -0.4 is 0 Å². The third-order valence-corrected chi connectivity index (χ3v) is 2.67. The van der Waals surface area contributed by atoms with Crippen molar-refractivity contribution in [3.8, 4) is 0 Å². The van der Waals surface area contributed by atoms with E-state index < -0.39 is 5.97 Å². The average molecular weight is 260 g/mol. The van der Waals surface area contributed by atoms with Crippen molar-refractivity contribution < 1.29 is 24.5 Å². The van der Waals surface area contributed by atoms with Crippen molar-refractivity contribution in [1.82, 2.24) is 9.80 Å². The maximum atomic E-state index is 12.0. The summed E-state index contributed by atoms with van der Waals surface area (Å²) in [5, 5.41) is 17.3. The molecule has 18 heavy (non-hydrogen) atoms. The Morgan fingerprint density at radius 1 is 1.33 bits per heavy atom. The second-order valence-electron chi connectivity index (χ2n) is 4.29. The van der Waals surface area contributed by atoms with Crippen LogP contribution in [0, 0.1) is 0 Å². The van der Waals surface area contributed by atoms with Gasteiger partial charge in [-0.05, 0) is 12.8 Å². The van der Waals surface area contributed by atoms with Gasteiger partial charge in [-0.1, -0.05) is 0 Å². The van der Waals surface area contributed by atoms with E-state index in [0.29, 0.717) is 13.2 Å². The molecule has 2 N–H and O–H groups in total. The number of aliphatic hydroxyl groups excluding tert-OH is 1. The van der Waals surface area contributed by atoms with Gasteiger partial charge in [0.25, 0.3) is 0 Å². The zero-order valence-corrected chi connectivity index (χ0v) is 10.5. The third-order valence-electron chi connectivity index (χ3n) is 2.67. The van der Waals surface area contributed by atoms with Crippen molar-refractivity contribution in [2.24, 2.45) is 0 Å². The fraction of sp³-hybridized carbons (Fsp3) is 0.818. The number of carboxylic acids is 1. The average Bonchev–Trinajstić information content (AvgIpc) is 3.14. The number of ether oxygens (including phenoxy) is 1. The maximum Gasteiger partial charge on any atom is 0.323 e. The lowest BCUT2D eigenvalue weighted by Gasteiger charge is -2.26. The second kappa shape index (κ2) is 7.17. The molecule has 1 saturated carbocycles. The van der Waals surface area contributed by atoms with E-state index in [1.165, 1.54) is 9.80 Å². The van der Waals surface area contributed by atoms with Crippen LogP contribution in [0.4, 0.5) is 4.79 Å². The van der Waals surface area contributed by atoms with Gasteiger partial charge < -0.3 is 24.7 Å². The molecule has 0 aromatic carbocycles. The van der Waals surface area contributed by atoms with Crippen LogP contribution in [0.15, 0.2) is 0 Å². The minimum absolute atomic E-state index is 0.0507. The van der Waals surface area contributed by atoms with Crippen LogP contribution >= 0.6 is 0 Å². The fourth-order valence-electron chi connectivity index (χ4n) is 1.57. The van der Waals surface area contributed by atoms with Gasteiger partial charge in [0, 0.05) is 19.6 Å². The molecule has 7 nitrogen and oxygen atoms in total. The van der Waals surface area contributed by atoms with Crippen LogP contribution in [-0.2, 0) is 9.53 Å². The van der Waals surface area contributed by atoms with Gasteiger partial charge in [-0.3, -0.25) is 4.79 Å². The first-order valence-electron chi connectivity index (χ1n) is 5.98. The summed E-state index contributed by atoms with van der Waals surface area (Å²) in [4.78, 5) is 25.5. The topological polar surface area (TPSA) is 90.3 Å². The minimum atomic E-state index is -1.000.